The van der Waals surface area contributed by atoms with Gasteiger partial charge in [-0.15, -0.1) is 0 Å². The second-order valence-electron chi connectivity index (χ2n) is 8.73. The summed E-state index contributed by atoms with van der Waals surface area (Å²) in [7, 11) is 0. The molecular formula is C28H28N4O. The van der Waals surface area contributed by atoms with E-state index in [0.29, 0.717) is 12.0 Å². The normalized spacial score (nSPS) is 20.3. The van der Waals surface area contributed by atoms with E-state index in [9.17, 15) is 4.79 Å². The molecule has 5 heteroatoms. The predicted octanol–water partition coefficient (Wildman–Crippen LogP) is 4.58. The van der Waals surface area contributed by atoms with Crippen molar-refractivity contribution in [1.82, 2.24) is 14.8 Å². The number of hydrogen-bond acceptors (Lipinski definition) is 3. The fourth-order valence-electron chi connectivity index (χ4n) is 4.69. The van der Waals surface area contributed by atoms with Gasteiger partial charge in [0.05, 0.1) is 0 Å². The van der Waals surface area contributed by atoms with Gasteiger partial charge in [0.2, 0.25) is 0 Å². The van der Waals surface area contributed by atoms with Crippen molar-refractivity contribution >= 4 is 11.7 Å². The quantitative estimate of drug-likeness (QED) is 0.599. The molecule has 3 aromatic rings. The molecule has 1 aromatic heterocycles. The Kier molecular flexibility index (Phi) is 6.37. The fourth-order valence-corrected chi connectivity index (χ4v) is 4.69. The number of carbonyl (C=O) groups excluding carboxylic acids is 1. The van der Waals surface area contributed by atoms with E-state index < -0.39 is 0 Å². The highest BCUT2D eigenvalue weighted by atomic mass is 16.2. The summed E-state index contributed by atoms with van der Waals surface area (Å²) in [6.07, 6.45) is 5.70. The number of benzene rings is 2. The molecule has 2 amide bonds. The first-order chi connectivity index (χ1) is 16.3. The fraction of sp³-hybridized carbons (Fsp3) is 0.286. The number of aromatic nitrogens is 1. The highest BCUT2D eigenvalue weighted by Gasteiger charge is 2.41. The van der Waals surface area contributed by atoms with Crippen LogP contribution in [0.1, 0.15) is 35.4 Å². The Morgan fingerprint density at radius 2 is 1.67 bits per heavy atom. The number of para-hydroxylation sites is 1. The number of urea groups is 1. The highest BCUT2D eigenvalue weighted by molar-refractivity contribution is 5.89. The molecule has 0 radical (unpaired) electrons. The lowest BCUT2D eigenvalue weighted by molar-refractivity contribution is 0.0272. The van der Waals surface area contributed by atoms with Crippen molar-refractivity contribution in [3.63, 3.8) is 0 Å². The number of fused-ring (bicyclic) bond motifs is 1. The summed E-state index contributed by atoms with van der Waals surface area (Å²) in [6, 6.07) is 22.5. The summed E-state index contributed by atoms with van der Waals surface area (Å²) < 4.78 is 0. The largest absolute Gasteiger partial charge is 0.323 e. The Hall–Kier alpha value is -3.62. The van der Waals surface area contributed by atoms with Gasteiger partial charge in [-0.1, -0.05) is 42.2 Å². The Morgan fingerprint density at radius 1 is 0.879 bits per heavy atom. The first-order valence-corrected chi connectivity index (χ1v) is 11.6. The minimum atomic E-state index is -0.00489. The summed E-state index contributed by atoms with van der Waals surface area (Å²) >= 11 is 0. The number of pyridine rings is 1. The molecule has 0 aliphatic carbocycles. The van der Waals surface area contributed by atoms with Crippen LogP contribution in [0.25, 0.3) is 0 Å². The predicted molar refractivity (Wildman–Crippen MR) is 131 cm³/mol. The van der Waals surface area contributed by atoms with Crippen molar-refractivity contribution in [1.29, 1.82) is 0 Å². The Labute approximate surface area is 195 Å². The van der Waals surface area contributed by atoms with Crippen LogP contribution in [0.4, 0.5) is 10.5 Å². The molecule has 5 nitrogen and oxygen atoms in total. The molecule has 3 heterocycles. The topological polar surface area (TPSA) is 48.5 Å². The zero-order valence-electron chi connectivity index (χ0n) is 18.7. The molecule has 2 aliphatic heterocycles. The van der Waals surface area contributed by atoms with E-state index in [1.807, 2.05) is 47.4 Å². The first-order valence-electron chi connectivity index (χ1n) is 11.6. The lowest BCUT2D eigenvalue weighted by Crippen LogP contribution is -2.61. The molecular weight excluding hydrogens is 408 g/mol. The van der Waals surface area contributed by atoms with E-state index in [-0.39, 0.29) is 6.03 Å². The van der Waals surface area contributed by atoms with Crippen molar-refractivity contribution in [2.75, 3.05) is 31.5 Å². The zero-order chi connectivity index (χ0) is 22.5. The average Bonchev–Trinajstić information content (AvgIpc) is 2.84. The lowest BCUT2D eigenvalue weighted by atomic mass is 9.81. The van der Waals surface area contributed by atoms with Gasteiger partial charge in [-0.05, 0) is 61.3 Å². The van der Waals surface area contributed by atoms with Crippen LogP contribution < -0.4 is 5.32 Å². The van der Waals surface area contributed by atoms with Crippen LogP contribution in [-0.4, -0.2) is 53.0 Å². The van der Waals surface area contributed by atoms with Crippen LogP contribution in [0.3, 0.4) is 0 Å². The third-order valence-electron chi connectivity index (χ3n) is 6.56. The minimum absolute atomic E-state index is 0.00489. The van der Waals surface area contributed by atoms with Gasteiger partial charge in [-0.2, -0.15) is 0 Å². The molecule has 2 aliphatic rings. The van der Waals surface area contributed by atoms with Gasteiger partial charge >= 0.3 is 6.03 Å². The van der Waals surface area contributed by atoms with Crippen LogP contribution in [0, 0.1) is 11.8 Å². The summed E-state index contributed by atoms with van der Waals surface area (Å²) in [4.78, 5) is 21.6. The van der Waals surface area contributed by atoms with Crippen molar-refractivity contribution in [2.45, 2.75) is 24.8 Å². The van der Waals surface area contributed by atoms with Gasteiger partial charge in [0, 0.05) is 60.8 Å². The molecule has 0 saturated carbocycles. The van der Waals surface area contributed by atoms with E-state index in [0.717, 1.165) is 55.8 Å². The van der Waals surface area contributed by atoms with Gasteiger partial charge in [0.15, 0.2) is 0 Å². The second-order valence-corrected chi connectivity index (χ2v) is 8.73. The van der Waals surface area contributed by atoms with Gasteiger partial charge in [0.25, 0.3) is 0 Å². The van der Waals surface area contributed by atoms with Crippen molar-refractivity contribution < 1.29 is 4.79 Å². The number of amides is 2. The molecule has 2 fully saturated rings. The molecule has 0 bridgehead atoms. The van der Waals surface area contributed by atoms with E-state index in [4.69, 9.17) is 0 Å². The van der Waals surface area contributed by atoms with Crippen LogP contribution in [0.15, 0.2) is 79.1 Å². The van der Waals surface area contributed by atoms with Crippen molar-refractivity contribution in [3.05, 3.63) is 95.8 Å². The van der Waals surface area contributed by atoms with Crippen LogP contribution in [0.2, 0.25) is 0 Å². The third kappa shape index (κ3) is 5.08. The number of nitrogens with one attached hydrogen (secondary N) is 1. The zero-order valence-corrected chi connectivity index (χ0v) is 18.7. The smallest absolute Gasteiger partial charge is 0.321 e. The maximum Gasteiger partial charge on any atom is 0.321 e. The van der Waals surface area contributed by atoms with Crippen LogP contribution in [-0.2, 0) is 0 Å². The SMILES string of the molecule is O=C(Nc1ccccc1)N1CCCCN2C[C@H](c3ccc(C#Cc4cccnc4)cc3)[C@@H]2C1. The van der Waals surface area contributed by atoms with Gasteiger partial charge in [-0.3, -0.25) is 9.88 Å². The van der Waals surface area contributed by atoms with Crippen molar-refractivity contribution in [2.24, 2.45) is 0 Å². The molecule has 5 rings (SSSR count). The molecule has 33 heavy (non-hydrogen) atoms. The average molecular weight is 437 g/mol. The van der Waals surface area contributed by atoms with E-state index >= 15 is 0 Å². The highest BCUT2D eigenvalue weighted by Crippen LogP contribution is 2.36. The monoisotopic (exact) mass is 436 g/mol. The molecule has 2 aromatic carbocycles. The molecule has 0 unspecified atom stereocenters. The number of carbonyl (C=O) groups is 1. The summed E-state index contributed by atoms with van der Waals surface area (Å²) in [5.41, 5.74) is 4.08. The molecule has 0 spiro atoms. The third-order valence-corrected chi connectivity index (χ3v) is 6.56. The van der Waals surface area contributed by atoms with Gasteiger partial charge in [-0.25, -0.2) is 4.79 Å². The van der Waals surface area contributed by atoms with E-state index in [1.54, 1.807) is 12.4 Å². The molecule has 1 N–H and O–H groups in total. The Morgan fingerprint density at radius 3 is 2.45 bits per heavy atom. The lowest BCUT2D eigenvalue weighted by Gasteiger charge is -2.51. The van der Waals surface area contributed by atoms with Crippen LogP contribution >= 0.6 is 0 Å². The summed E-state index contributed by atoms with van der Waals surface area (Å²) in [5, 5.41) is 3.06. The van der Waals surface area contributed by atoms with E-state index in [2.05, 4.69) is 51.3 Å². The van der Waals surface area contributed by atoms with Gasteiger partial charge < -0.3 is 10.2 Å². The number of rotatable bonds is 2. The number of hydrogen-bond donors (Lipinski definition) is 1. The maximum absolute atomic E-state index is 13.0. The standard InChI is InChI=1S/C28H28N4O/c33-28(30-25-8-2-1-3-9-25)32-18-5-4-17-31-20-26(27(31)21-32)24-14-12-22(13-15-24)10-11-23-7-6-16-29-19-23/h1-3,6-9,12-16,19,26-27H,4-5,17-18,20-21H2,(H,30,33)/t26-,27+/m1/s1. The summed E-state index contributed by atoms with van der Waals surface area (Å²) in [5.74, 6) is 6.83. The first kappa shape index (κ1) is 21.2. The number of anilines is 1. The summed E-state index contributed by atoms with van der Waals surface area (Å²) in [6.45, 7) is 3.73. The molecule has 2 saturated heterocycles. The van der Waals surface area contributed by atoms with Gasteiger partial charge in [0.1, 0.15) is 0 Å². The Bertz CT molecular complexity index is 1140. The Balaban J connectivity index is 1.26. The second kappa shape index (κ2) is 9.89. The van der Waals surface area contributed by atoms with E-state index in [1.165, 1.54) is 5.56 Å². The molecule has 166 valence electrons. The maximum atomic E-state index is 13.0. The molecule has 2 atom stereocenters. The van der Waals surface area contributed by atoms with Crippen molar-refractivity contribution in [3.8, 4) is 11.8 Å². The minimum Gasteiger partial charge on any atom is -0.323 e. The van der Waals surface area contributed by atoms with Crippen LogP contribution in [0.5, 0.6) is 0 Å². The number of nitrogens with zero attached hydrogens (tertiary/aromatic N) is 3.